The van der Waals surface area contributed by atoms with Crippen LogP contribution in [0.4, 0.5) is 0 Å². The van der Waals surface area contributed by atoms with Gasteiger partial charge < -0.3 is 5.73 Å². The smallest absolute Gasteiger partial charge is 0.242 e. The Morgan fingerprint density at radius 1 is 1.08 bits per heavy atom. The molecule has 1 rings (SSSR count). The first-order chi connectivity index (χ1) is 10.4. The molecule has 0 fully saturated rings. The van der Waals surface area contributed by atoms with Crippen LogP contribution in [-0.2, 0) is 25.6 Å². The lowest BCUT2D eigenvalue weighted by molar-refractivity contribution is 0.397. The number of hydrogen-bond donors (Lipinski definition) is 1. The first-order valence-corrected chi connectivity index (χ1v) is 10.9. The van der Waals surface area contributed by atoms with Gasteiger partial charge in [0.2, 0.25) is 10.0 Å². The molecule has 0 heterocycles. The summed E-state index contributed by atoms with van der Waals surface area (Å²) in [4.78, 5) is 0.148. The SMILES string of the molecule is CC(C)C(N)CCN(C)S(=O)(=O)c1ccc(CS(C)(=O)=O)cc1.Cl. The maximum absolute atomic E-state index is 12.5. The average molecular weight is 399 g/mol. The first kappa shape index (κ1) is 23.3. The summed E-state index contributed by atoms with van der Waals surface area (Å²) in [6, 6.07) is 5.89. The van der Waals surface area contributed by atoms with E-state index < -0.39 is 19.9 Å². The Labute approximate surface area is 151 Å². The van der Waals surface area contributed by atoms with Gasteiger partial charge in [-0.2, -0.15) is 0 Å². The molecule has 1 aromatic rings. The van der Waals surface area contributed by atoms with E-state index in [1.807, 2.05) is 13.8 Å². The molecule has 0 radical (unpaired) electrons. The summed E-state index contributed by atoms with van der Waals surface area (Å²) in [5, 5.41) is 0. The first-order valence-electron chi connectivity index (χ1n) is 7.42. The molecule has 140 valence electrons. The third kappa shape index (κ3) is 7.06. The summed E-state index contributed by atoms with van der Waals surface area (Å²) in [5.74, 6) is 0.188. The zero-order valence-electron chi connectivity index (χ0n) is 14.5. The van der Waals surface area contributed by atoms with Gasteiger partial charge in [0, 0.05) is 25.9 Å². The summed E-state index contributed by atoms with van der Waals surface area (Å²) in [7, 11) is -5.21. The van der Waals surface area contributed by atoms with Crippen LogP contribution in [0.25, 0.3) is 0 Å². The monoisotopic (exact) mass is 398 g/mol. The van der Waals surface area contributed by atoms with Crippen LogP contribution in [0.5, 0.6) is 0 Å². The minimum atomic E-state index is -3.59. The topological polar surface area (TPSA) is 97.5 Å². The Kier molecular flexibility index (Phi) is 8.89. The Morgan fingerprint density at radius 3 is 2.00 bits per heavy atom. The van der Waals surface area contributed by atoms with E-state index in [-0.39, 0.29) is 29.1 Å². The van der Waals surface area contributed by atoms with Gasteiger partial charge in [0.05, 0.1) is 10.6 Å². The van der Waals surface area contributed by atoms with Gasteiger partial charge in [-0.15, -0.1) is 12.4 Å². The average Bonchev–Trinajstić information content (AvgIpc) is 2.42. The number of nitrogens with zero attached hydrogens (tertiary/aromatic N) is 1. The van der Waals surface area contributed by atoms with E-state index in [4.69, 9.17) is 5.73 Å². The van der Waals surface area contributed by atoms with Crippen molar-refractivity contribution in [3.63, 3.8) is 0 Å². The maximum atomic E-state index is 12.5. The van der Waals surface area contributed by atoms with Crippen LogP contribution in [-0.4, -0.2) is 47.0 Å². The van der Waals surface area contributed by atoms with Gasteiger partial charge in [0.25, 0.3) is 0 Å². The van der Waals surface area contributed by atoms with E-state index >= 15 is 0 Å². The molecule has 0 aromatic heterocycles. The molecule has 0 aliphatic heterocycles. The van der Waals surface area contributed by atoms with Crippen molar-refractivity contribution in [2.75, 3.05) is 19.8 Å². The van der Waals surface area contributed by atoms with Gasteiger partial charge in [0.1, 0.15) is 0 Å². The van der Waals surface area contributed by atoms with Crippen molar-refractivity contribution in [1.29, 1.82) is 0 Å². The minimum Gasteiger partial charge on any atom is -0.327 e. The van der Waals surface area contributed by atoms with Crippen LogP contribution >= 0.6 is 12.4 Å². The van der Waals surface area contributed by atoms with Crippen molar-refractivity contribution in [2.24, 2.45) is 11.7 Å². The third-order valence-electron chi connectivity index (χ3n) is 3.69. The quantitative estimate of drug-likeness (QED) is 0.717. The van der Waals surface area contributed by atoms with E-state index in [1.165, 1.54) is 35.6 Å². The molecule has 1 unspecified atom stereocenters. The Bertz CT molecular complexity index is 716. The normalized spacial score (nSPS) is 13.8. The molecule has 0 saturated heterocycles. The fourth-order valence-corrected chi connectivity index (χ4v) is 4.01. The lowest BCUT2D eigenvalue weighted by Crippen LogP contribution is -2.34. The van der Waals surface area contributed by atoms with Crippen molar-refractivity contribution >= 4 is 32.3 Å². The Morgan fingerprint density at radius 2 is 1.58 bits per heavy atom. The maximum Gasteiger partial charge on any atom is 0.242 e. The van der Waals surface area contributed by atoms with E-state index in [9.17, 15) is 16.8 Å². The predicted molar refractivity (Wildman–Crippen MR) is 99.5 cm³/mol. The second-order valence-corrected chi connectivity index (χ2v) is 10.4. The Hall–Kier alpha value is -0.670. The molecule has 1 atom stereocenters. The van der Waals surface area contributed by atoms with Crippen molar-refractivity contribution in [2.45, 2.75) is 37.0 Å². The highest BCUT2D eigenvalue weighted by molar-refractivity contribution is 7.90. The summed E-state index contributed by atoms with van der Waals surface area (Å²) < 4.78 is 48.7. The third-order valence-corrected chi connectivity index (χ3v) is 6.42. The largest absolute Gasteiger partial charge is 0.327 e. The van der Waals surface area contributed by atoms with E-state index in [0.29, 0.717) is 24.4 Å². The molecule has 0 aliphatic rings. The van der Waals surface area contributed by atoms with Gasteiger partial charge in [-0.05, 0) is 30.0 Å². The van der Waals surface area contributed by atoms with Crippen LogP contribution in [0.1, 0.15) is 25.8 Å². The Balaban J connectivity index is 0.00000529. The number of rotatable bonds is 8. The number of benzene rings is 1. The van der Waals surface area contributed by atoms with Gasteiger partial charge in [-0.1, -0.05) is 26.0 Å². The van der Waals surface area contributed by atoms with E-state index in [2.05, 4.69) is 0 Å². The molecule has 0 bridgehead atoms. The number of hydrogen-bond acceptors (Lipinski definition) is 5. The van der Waals surface area contributed by atoms with Crippen molar-refractivity contribution in [3.8, 4) is 0 Å². The van der Waals surface area contributed by atoms with Gasteiger partial charge in [0.15, 0.2) is 9.84 Å². The van der Waals surface area contributed by atoms with E-state index in [0.717, 1.165) is 6.26 Å². The highest BCUT2D eigenvalue weighted by Crippen LogP contribution is 2.17. The van der Waals surface area contributed by atoms with Crippen LogP contribution in [0.15, 0.2) is 29.2 Å². The highest BCUT2D eigenvalue weighted by Gasteiger charge is 2.21. The second kappa shape index (κ2) is 9.15. The van der Waals surface area contributed by atoms with E-state index in [1.54, 1.807) is 0 Å². The van der Waals surface area contributed by atoms with Crippen LogP contribution < -0.4 is 5.73 Å². The number of nitrogens with two attached hydrogens (primary N) is 1. The molecule has 0 aliphatic carbocycles. The molecule has 0 spiro atoms. The molecular weight excluding hydrogens is 372 g/mol. The van der Waals surface area contributed by atoms with Crippen LogP contribution in [0.2, 0.25) is 0 Å². The van der Waals surface area contributed by atoms with Gasteiger partial charge in [-0.3, -0.25) is 0 Å². The highest BCUT2D eigenvalue weighted by atomic mass is 35.5. The van der Waals surface area contributed by atoms with Crippen molar-refractivity contribution in [3.05, 3.63) is 29.8 Å². The zero-order valence-corrected chi connectivity index (χ0v) is 16.9. The van der Waals surface area contributed by atoms with Crippen molar-refractivity contribution in [1.82, 2.24) is 4.31 Å². The number of halogens is 1. The zero-order chi connectivity index (χ0) is 17.8. The molecule has 0 amide bonds. The molecule has 6 nitrogen and oxygen atoms in total. The standard InChI is InChI=1S/C15H26N2O4S2.ClH/c1-12(2)15(16)9-10-17(3)23(20,21)14-7-5-13(6-8-14)11-22(4,18)19;/h5-8,12,15H,9-11,16H2,1-4H3;1H. The number of sulfone groups is 1. The lowest BCUT2D eigenvalue weighted by Gasteiger charge is -2.21. The molecule has 9 heteroatoms. The summed E-state index contributed by atoms with van der Waals surface area (Å²) in [6.07, 6.45) is 1.73. The minimum absolute atomic E-state index is 0. The van der Waals surface area contributed by atoms with Gasteiger partial charge >= 0.3 is 0 Å². The lowest BCUT2D eigenvalue weighted by atomic mass is 10.0. The molecule has 0 saturated carbocycles. The number of sulfonamides is 1. The fourth-order valence-electron chi connectivity index (χ4n) is 2.02. The molecule has 24 heavy (non-hydrogen) atoms. The van der Waals surface area contributed by atoms with Crippen molar-refractivity contribution < 1.29 is 16.8 Å². The van der Waals surface area contributed by atoms with Gasteiger partial charge in [-0.25, -0.2) is 21.1 Å². The second-order valence-electron chi connectivity index (χ2n) is 6.24. The molecular formula is C15H27ClN2O4S2. The van der Waals surface area contributed by atoms with Crippen LogP contribution in [0.3, 0.4) is 0 Å². The molecule has 1 aromatic carbocycles. The summed E-state index contributed by atoms with van der Waals surface area (Å²) >= 11 is 0. The molecule has 2 N–H and O–H groups in total. The summed E-state index contributed by atoms with van der Waals surface area (Å²) in [5.41, 5.74) is 6.51. The predicted octanol–water partition coefficient (Wildman–Crippen LogP) is 1.65. The summed E-state index contributed by atoms with van der Waals surface area (Å²) in [6.45, 7) is 4.34. The van der Waals surface area contributed by atoms with Crippen LogP contribution in [0, 0.1) is 5.92 Å². The fraction of sp³-hybridized carbons (Fsp3) is 0.600.